The zero-order valence-corrected chi connectivity index (χ0v) is 18.7. The van der Waals surface area contributed by atoms with Crippen LogP contribution in [0.2, 0.25) is 0 Å². The molecule has 1 amide bonds. The molecule has 0 saturated carbocycles. The van der Waals surface area contributed by atoms with Crippen LogP contribution in [0.1, 0.15) is 25.5 Å². The zero-order chi connectivity index (χ0) is 23.3. The number of carbonyl (C=O) groups excluding carboxylic acids is 3. The van der Waals surface area contributed by atoms with Crippen molar-refractivity contribution in [2.75, 3.05) is 32.3 Å². The molecule has 1 aliphatic heterocycles. The number of likely N-dealkylation sites (N-methyl/N-ethyl adjacent to an activating group) is 1. The van der Waals surface area contributed by atoms with E-state index in [0.717, 1.165) is 5.56 Å². The van der Waals surface area contributed by atoms with Crippen LogP contribution in [-0.2, 0) is 23.9 Å². The molecule has 8 nitrogen and oxygen atoms in total. The van der Waals surface area contributed by atoms with E-state index in [1.807, 2.05) is 30.3 Å². The van der Waals surface area contributed by atoms with Crippen LogP contribution in [0.25, 0.3) is 0 Å². The van der Waals surface area contributed by atoms with Crippen LogP contribution in [0.3, 0.4) is 0 Å². The van der Waals surface area contributed by atoms with Gasteiger partial charge in [0.2, 0.25) is 0 Å². The van der Waals surface area contributed by atoms with Gasteiger partial charge in [-0.3, -0.25) is 14.4 Å². The monoisotopic (exact) mass is 440 g/mol. The summed E-state index contributed by atoms with van der Waals surface area (Å²) in [6, 6.07) is 15.6. The normalized spacial score (nSPS) is 20.0. The van der Waals surface area contributed by atoms with Crippen LogP contribution in [-0.4, -0.2) is 50.8 Å². The molecule has 1 fully saturated rings. The van der Waals surface area contributed by atoms with Crippen molar-refractivity contribution in [3.8, 4) is 5.75 Å². The number of ether oxygens (including phenoxy) is 3. The molecular weight excluding hydrogens is 412 g/mol. The number of esters is 2. The molecule has 1 aliphatic rings. The van der Waals surface area contributed by atoms with Crippen LogP contribution >= 0.6 is 0 Å². The fourth-order valence-electron chi connectivity index (χ4n) is 4.22. The summed E-state index contributed by atoms with van der Waals surface area (Å²) in [6.07, 6.45) is 0. The molecule has 8 heteroatoms. The van der Waals surface area contributed by atoms with Crippen molar-refractivity contribution < 1.29 is 28.6 Å². The topological polar surface area (TPSA) is 94.2 Å². The standard InChI is InChI=1S/C24H28N2O6/c1-5-31-21(27)19(22(28)32-6-2)24(25-3)20(16-10-8-7-9-11-16)26(23(24)29)17-12-14-18(30-4)15-13-17/h7-15,19-20,25H,5-6H2,1-4H3/t20-,24-/m1/s1. The number of benzene rings is 2. The highest BCUT2D eigenvalue weighted by molar-refractivity contribution is 6.16. The molecule has 0 aliphatic carbocycles. The highest BCUT2D eigenvalue weighted by Gasteiger charge is 2.69. The minimum atomic E-state index is -1.57. The van der Waals surface area contributed by atoms with Crippen LogP contribution in [0.4, 0.5) is 5.69 Å². The van der Waals surface area contributed by atoms with E-state index in [2.05, 4.69) is 5.32 Å². The van der Waals surface area contributed by atoms with Gasteiger partial charge in [-0.15, -0.1) is 0 Å². The lowest BCUT2D eigenvalue weighted by Crippen LogP contribution is -2.79. The van der Waals surface area contributed by atoms with E-state index in [-0.39, 0.29) is 13.2 Å². The first kappa shape index (κ1) is 23.3. The van der Waals surface area contributed by atoms with E-state index in [1.165, 1.54) is 0 Å². The summed E-state index contributed by atoms with van der Waals surface area (Å²) in [5, 5.41) is 3.00. The largest absolute Gasteiger partial charge is 0.497 e. The molecule has 1 N–H and O–H groups in total. The molecule has 1 saturated heterocycles. The van der Waals surface area contributed by atoms with Gasteiger partial charge in [0.1, 0.15) is 11.3 Å². The number of methoxy groups -OCH3 is 1. The van der Waals surface area contributed by atoms with E-state index >= 15 is 0 Å². The van der Waals surface area contributed by atoms with Crippen LogP contribution in [0, 0.1) is 5.92 Å². The second-order valence-electron chi connectivity index (χ2n) is 7.24. The summed E-state index contributed by atoms with van der Waals surface area (Å²) in [5.74, 6) is -2.86. The van der Waals surface area contributed by atoms with Gasteiger partial charge < -0.3 is 24.4 Å². The number of carbonyl (C=O) groups is 3. The predicted molar refractivity (Wildman–Crippen MR) is 118 cm³/mol. The fraction of sp³-hybridized carbons (Fsp3) is 0.375. The Morgan fingerprint density at radius 2 is 1.56 bits per heavy atom. The van der Waals surface area contributed by atoms with Gasteiger partial charge in [0.05, 0.1) is 26.4 Å². The second kappa shape index (κ2) is 9.82. The summed E-state index contributed by atoms with van der Waals surface area (Å²) in [5.41, 5.74) is -0.197. The quantitative estimate of drug-likeness (QED) is 0.364. The van der Waals surface area contributed by atoms with Gasteiger partial charge in [-0.1, -0.05) is 30.3 Å². The van der Waals surface area contributed by atoms with Gasteiger partial charge in [0, 0.05) is 5.69 Å². The van der Waals surface area contributed by atoms with E-state index in [9.17, 15) is 14.4 Å². The Morgan fingerprint density at radius 1 is 1.00 bits per heavy atom. The van der Waals surface area contributed by atoms with E-state index in [1.54, 1.807) is 57.2 Å². The minimum Gasteiger partial charge on any atom is -0.497 e. The molecule has 2 atom stereocenters. The van der Waals surface area contributed by atoms with Crippen LogP contribution < -0.4 is 15.0 Å². The highest BCUT2D eigenvalue weighted by Crippen LogP contribution is 2.50. The lowest BCUT2D eigenvalue weighted by atomic mass is 9.66. The van der Waals surface area contributed by atoms with Crippen molar-refractivity contribution >= 4 is 23.5 Å². The molecular formula is C24H28N2O6. The number of anilines is 1. The lowest BCUT2D eigenvalue weighted by molar-refractivity contribution is -0.172. The lowest BCUT2D eigenvalue weighted by Gasteiger charge is -2.57. The number of β-lactam (4-membered cyclic amide) rings is 1. The first-order valence-corrected chi connectivity index (χ1v) is 10.5. The molecule has 32 heavy (non-hydrogen) atoms. The van der Waals surface area contributed by atoms with Crippen molar-refractivity contribution in [2.24, 2.45) is 5.92 Å². The Balaban J connectivity index is 2.16. The van der Waals surface area contributed by atoms with Crippen molar-refractivity contribution in [3.63, 3.8) is 0 Å². The first-order valence-electron chi connectivity index (χ1n) is 10.5. The number of amides is 1. The van der Waals surface area contributed by atoms with Crippen molar-refractivity contribution in [2.45, 2.75) is 25.4 Å². The number of hydrogen-bond acceptors (Lipinski definition) is 7. The van der Waals surface area contributed by atoms with Gasteiger partial charge in [-0.25, -0.2) is 0 Å². The third-order valence-electron chi connectivity index (χ3n) is 5.64. The molecule has 0 spiro atoms. The third kappa shape index (κ3) is 3.82. The molecule has 0 radical (unpaired) electrons. The van der Waals surface area contributed by atoms with Crippen molar-refractivity contribution in [1.29, 1.82) is 0 Å². The van der Waals surface area contributed by atoms with E-state index < -0.39 is 35.3 Å². The predicted octanol–water partition coefficient (Wildman–Crippen LogP) is 2.48. The summed E-state index contributed by atoms with van der Waals surface area (Å²) in [7, 11) is 3.12. The van der Waals surface area contributed by atoms with Gasteiger partial charge in [-0.05, 0) is 50.7 Å². The van der Waals surface area contributed by atoms with Gasteiger partial charge >= 0.3 is 11.9 Å². The van der Waals surface area contributed by atoms with Gasteiger partial charge in [-0.2, -0.15) is 0 Å². The molecule has 170 valence electrons. The average Bonchev–Trinajstić information content (AvgIpc) is 2.81. The molecule has 2 aromatic carbocycles. The molecule has 3 rings (SSSR count). The maximum absolute atomic E-state index is 13.7. The van der Waals surface area contributed by atoms with Crippen LogP contribution in [0.15, 0.2) is 54.6 Å². The van der Waals surface area contributed by atoms with Crippen molar-refractivity contribution in [3.05, 3.63) is 60.2 Å². The molecule has 0 unspecified atom stereocenters. The Hall–Kier alpha value is -3.39. The molecule has 0 bridgehead atoms. The van der Waals surface area contributed by atoms with E-state index in [0.29, 0.717) is 11.4 Å². The van der Waals surface area contributed by atoms with Crippen molar-refractivity contribution in [1.82, 2.24) is 5.32 Å². The highest BCUT2D eigenvalue weighted by atomic mass is 16.6. The van der Waals surface area contributed by atoms with Gasteiger partial charge in [0.25, 0.3) is 5.91 Å². The van der Waals surface area contributed by atoms with E-state index in [4.69, 9.17) is 14.2 Å². The smallest absolute Gasteiger partial charge is 0.322 e. The molecule has 0 aromatic heterocycles. The maximum Gasteiger partial charge on any atom is 0.322 e. The Morgan fingerprint density at radius 3 is 2.03 bits per heavy atom. The van der Waals surface area contributed by atoms with Gasteiger partial charge in [0.15, 0.2) is 5.92 Å². The number of rotatable bonds is 9. The first-order chi connectivity index (χ1) is 15.5. The molecule has 1 heterocycles. The Bertz CT molecular complexity index is 944. The third-order valence-corrected chi connectivity index (χ3v) is 5.64. The Labute approximate surface area is 187 Å². The summed E-state index contributed by atoms with van der Waals surface area (Å²) < 4.78 is 15.6. The SMILES string of the molecule is CCOC(=O)C(C(=O)OCC)[C@]1(NC)C(=O)N(c2ccc(OC)cc2)[C@@H]1c1ccccc1. The fourth-order valence-corrected chi connectivity index (χ4v) is 4.22. The number of nitrogens with one attached hydrogen (secondary N) is 1. The summed E-state index contributed by atoms with van der Waals surface area (Å²) in [4.78, 5) is 41.2. The molecule has 2 aromatic rings. The minimum absolute atomic E-state index is 0.0704. The average molecular weight is 440 g/mol. The number of hydrogen-bond donors (Lipinski definition) is 1. The summed E-state index contributed by atoms with van der Waals surface area (Å²) in [6.45, 7) is 3.43. The van der Waals surface area contributed by atoms with Crippen LogP contribution in [0.5, 0.6) is 5.75 Å². The Kier molecular flexibility index (Phi) is 7.15. The number of nitrogens with zero attached hydrogens (tertiary/aromatic N) is 1. The zero-order valence-electron chi connectivity index (χ0n) is 18.7. The summed E-state index contributed by atoms with van der Waals surface area (Å²) >= 11 is 0. The maximum atomic E-state index is 13.7. The second-order valence-corrected chi connectivity index (χ2v) is 7.24.